The van der Waals surface area contributed by atoms with Crippen LogP contribution in [0.5, 0.6) is 0 Å². The van der Waals surface area contributed by atoms with Crippen LogP contribution in [-0.2, 0) is 4.74 Å². The van der Waals surface area contributed by atoms with Crippen LogP contribution in [0.3, 0.4) is 0 Å². The molecule has 0 aliphatic carbocycles. The van der Waals surface area contributed by atoms with Crippen LogP contribution in [0.15, 0.2) is 12.5 Å². The molecule has 2 aromatic heterocycles. The fourth-order valence-electron chi connectivity index (χ4n) is 2.66. The first kappa shape index (κ1) is 14.7. The Bertz CT molecular complexity index is 740. The third-order valence-corrected chi connectivity index (χ3v) is 3.76. The molecule has 3 rings (SSSR count). The van der Waals surface area contributed by atoms with Crippen molar-refractivity contribution in [1.29, 1.82) is 5.26 Å². The third kappa shape index (κ3) is 2.01. The van der Waals surface area contributed by atoms with E-state index >= 15 is 0 Å². The minimum atomic E-state index is -1.24. The van der Waals surface area contributed by atoms with Crippen molar-refractivity contribution in [2.24, 2.45) is 0 Å². The van der Waals surface area contributed by atoms with E-state index in [-0.39, 0.29) is 0 Å². The summed E-state index contributed by atoms with van der Waals surface area (Å²) in [6.07, 6.45) is -1.49. The van der Waals surface area contributed by atoms with Crippen LogP contribution in [-0.4, -0.2) is 61.8 Å². The van der Waals surface area contributed by atoms with Gasteiger partial charge in [0.1, 0.15) is 42.2 Å². The number of hydrogen-bond acceptors (Lipinski definition) is 8. The van der Waals surface area contributed by atoms with Gasteiger partial charge < -0.3 is 29.9 Å². The van der Waals surface area contributed by atoms with E-state index in [0.717, 1.165) is 0 Å². The third-order valence-electron chi connectivity index (χ3n) is 3.76. The molecule has 0 bridgehead atoms. The van der Waals surface area contributed by atoms with E-state index in [1.807, 2.05) is 6.07 Å². The molecule has 3 heterocycles. The van der Waals surface area contributed by atoms with Crippen LogP contribution < -0.4 is 5.32 Å². The Morgan fingerprint density at radius 2 is 2.18 bits per heavy atom. The smallest absolute Gasteiger partial charge is 0.164 e. The zero-order chi connectivity index (χ0) is 15.9. The Hall–Kier alpha value is -2.25. The molecule has 9 heteroatoms. The molecule has 1 fully saturated rings. The quantitative estimate of drug-likeness (QED) is 0.564. The number of fused-ring (bicyclic) bond motifs is 1. The van der Waals surface area contributed by atoms with Crippen molar-refractivity contribution in [3.63, 3.8) is 0 Å². The van der Waals surface area contributed by atoms with Crippen LogP contribution in [0.25, 0.3) is 11.0 Å². The highest BCUT2D eigenvalue weighted by Gasteiger charge is 2.44. The number of nitrogens with one attached hydrogen (secondary N) is 1. The number of aliphatic hydroxyl groups is 3. The van der Waals surface area contributed by atoms with Crippen molar-refractivity contribution in [3.05, 3.63) is 18.1 Å². The maximum absolute atomic E-state index is 10.1. The Morgan fingerprint density at radius 1 is 1.41 bits per heavy atom. The lowest BCUT2D eigenvalue weighted by Crippen LogP contribution is -2.33. The summed E-state index contributed by atoms with van der Waals surface area (Å²) >= 11 is 0. The highest BCUT2D eigenvalue weighted by atomic mass is 16.6. The van der Waals surface area contributed by atoms with E-state index in [1.165, 1.54) is 17.1 Å². The molecule has 22 heavy (non-hydrogen) atoms. The van der Waals surface area contributed by atoms with Gasteiger partial charge in [0.25, 0.3) is 0 Å². The normalized spacial score (nSPS) is 28.0. The Morgan fingerprint density at radius 3 is 2.77 bits per heavy atom. The standard InChI is InChI=1S/C13H15N5O4/c1-15-11-8-6(2-14)3-18(12(8)17-5-16-11)13-10(21)9(20)7(4-19)22-13/h3,5,7,9-10,13,19-21H,4H2,1H3,(H,15,16,17)/t7-,9-,10-,13-/m1/s1. The fourth-order valence-corrected chi connectivity index (χ4v) is 2.66. The summed E-state index contributed by atoms with van der Waals surface area (Å²) in [6, 6.07) is 2.05. The van der Waals surface area contributed by atoms with E-state index in [9.17, 15) is 20.6 Å². The number of nitriles is 1. The van der Waals surface area contributed by atoms with E-state index < -0.39 is 31.1 Å². The molecule has 2 aromatic rings. The first-order chi connectivity index (χ1) is 10.6. The molecule has 4 atom stereocenters. The average Bonchev–Trinajstić information content (AvgIpc) is 3.06. The van der Waals surface area contributed by atoms with Gasteiger partial charge in [-0.25, -0.2) is 9.97 Å². The number of hydrogen-bond donors (Lipinski definition) is 4. The summed E-state index contributed by atoms with van der Waals surface area (Å²) in [4.78, 5) is 8.20. The lowest BCUT2D eigenvalue weighted by atomic mass is 10.1. The highest BCUT2D eigenvalue weighted by molar-refractivity contribution is 5.92. The van der Waals surface area contributed by atoms with Crippen LogP contribution in [0.1, 0.15) is 11.8 Å². The molecule has 9 nitrogen and oxygen atoms in total. The second kappa shape index (κ2) is 5.51. The van der Waals surface area contributed by atoms with Gasteiger partial charge in [0.05, 0.1) is 17.6 Å². The minimum absolute atomic E-state index is 0.317. The predicted molar refractivity (Wildman–Crippen MR) is 74.8 cm³/mol. The molecule has 0 amide bonds. The number of aliphatic hydroxyl groups excluding tert-OH is 3. The van der Waals surface area contributed by atoms with E-state index in [1.54, 1.807) is 7.05 Å². The molecule has 0 aromatic carbocycles. The number of rotatable bonds is 3. The first-order valence-corrected chi connectivity index (χ1v) is 6.68. The maximum atomic E-state index is 10.1. The van der Waals surface area contributed by atoms with Gasteiger partial charge in [-0.15, -0.1) is 0 Å². The molecule has 4 N–H and O–H groups in total. The summed E-state index contributed by atoms with van der Waals surface area (Å²) in [5.41, 5.74) is 0.712. The number of aromatic nitrogens is 3. The van der Waals surface area contributed by atoms with Crippen molar-refractivity contribution >= 4 is 16.9 Å². The van der Waals surface area contributed by atoms with Crippen molar-refractivity contribution in [2.75, 3.05) is 19.0 Å². The van der Waals surface area contributed by atoms with Crippen LogP contribution in [0, 0.1) is 11.3 Å². The summed E-state index contributed by atoms with van der Waals surface area (Å²) in [5.74, 6) is 0.479. The molecule has 0 spiro atoms. The second-order valence-electron chi connectivity index (χ2n) is 4.96. The minimum Gasteiger partial charge on any atom is -0.394 e. The van der Waals surface area contributed by atoms with Crippen molar-refractivity contribution in [2.45, 2.75) is 24.5 Å². The number of ether oxygens (including phenoxy) is 1. The molecule has 1 aliphatic heterocycles. The molecule has 116 valence electrons. The topological polar surface area (TPSA) is 136 Å². The summed E-state index contributed by atoms with van der Waals surface area (Å²) in [6.45, 7) is -0.421. The highest BCUT2D eigenvalue weighted by Crippen LogP contribution is 2.34. The fraction of sp³-hybridized carbons (Fsp3) is 0.462. The SMILES string of the molecule is CNc1ncnc2c1c(C#N)cn2[C@@H]1O[C@H](CO)[C@@H](O)[C@H]1O. The van der Waals surface area contributed by atoms with Gasteiger partial charge in [-0.05, 0) is 0 Å². The molecule has 0 saturated carbocycles. The van der Waals surface area contributed by atoms with Crippen molar-refractivity contribution in [3.8, 4) is 6.07 Å². The molecule has 1 aliphatic rings. The van der Waals surface area contributed by atoms with Crippen molar-refractivity contribution in [1.82, 2.24) is 14.5 Å². The summed E-state index contributed by atoms with van der Waals surface area (Å²) in [7, 11) is 1.67. The van der Waals surface area contributed by atoms with Gasteiger partial charge in [-0.1, -0.05) is 0 Å². The zero-order valence-electron chi connectivity index (χ0n) is 11.7. The summed E-state index contributed by atoms with van der Waals surface area (Å²) in [5, 5.41) is 41.8. The van der Waals surface area contributed by atoms with Crippen molar-refractivity contribution < 1.29 is 20.1 Å². The monoisotopic (exact) mass is 305 g/mol. The molecular weight excluding hydrogens is 290 g/mol. The Labute approximate surface area is 125 Å². The Balaban J connectivity index is 2.15. The van der Waals surface area contributed by atoms with Gasteiger partial charge >= 0.3 is 0 Å². The van der Waals surface area contributed by atoms with Gasteiger partial charge in [0, 0.05) is 13.2 Å². The Kier molecular flexibility index (Phi) is 3.67. The summed E-state index contributed by atoms with van der Waals surface area (Å²) < 4.78 is 6.96. The number of anilines is 1. The molecule has 0 radical (unpaired) electrons. The van der Waals surface area contributed by atoms with Crippen LogP contribution in [0.4, 0.5) is 5.82 Å². The largest absolute Gasteiger partial charge is 0.394 e. The average molecular weight is 305 g/mol. The molecule has 0 unspecified atom stereocenters. The second-order valence-corrected chi connectivity index (χ2v) is 4.96. The lowest BCUT2D eigenvalue weighted by molar-refractivity contribution is -0.0508. The van der Waals surface area contributed by atoms with Crippen LogP contribution >= 0.6 is 0 Å². The lowest BCUT2D eigenvalue weighted by Gasteiger charge is -2.17. The maximum Gasteiger partial charge on any atom is 0.164 e. The molecule has 1 saturated heterocycles. The van der Waals surface area contributed by atoms with E-state index in [2.05, 4.69) is 15.3 Å². The van der Waals surface area contributed by atoms with Gasteiger partial charge in [-0.2, -0.15) is 5.26 Å². The number of nitrogens with zero attached hydrogens (tertiary/aromatic N) is 4. The van der Waals surface area contributed by atoms with Gasteiger partial charge in [-0.3, -0.25) is 0 Å². The van der Waals surface area contributed by atoms with E-state index in [0.29, 0.717) is 22.4 Å². The molecular formula is C13H15N5O4. The first-order valence-electron chi connectivity index (χ1n) is 6.68. The van der Waals surface area contributed by atoms with E-state index in [4.69, 9.17) is 4.74 Å². The zero-order valence-corrected chi connectivity index (χ0v) is 11.7. The van der Waals surface area contributed by atoms with Gasteiger partial charge in [0.2, 0.25) is 0 Å². The van der Waals surface area contributed by atoms with Gasteiger partial charge in [0.15, 0.2) is 6.23 Å². The van der Waals surface area contributed by atoms with Crippen LogP contribution in [0.2, 0.25) is 0 Å². The predicted octanol–water partition coefficient (Wildman–Crippen LogP) is -1.04.